The Morgan fingerprint density at radius 3 is 2.96 bits per heavy atom. The van der Waals surface area contributed by atoms with Crippen LogP contribution in [0.3, 0.4) is 0 Å². The standard InChI is InChI=1S/C18H17FN2O3S/c1-11-15-9-16(18(22)24-10-14-3-2-8-23-14)25-17(15)21(20-11)13-6-4-12(19)5-7-13/h4-7,9,14H,2-3,8,10H2,1H3/t14-/m1/s1. The van der Waals surface area contributed by atoms with E-state index < -0.39 is 0 Å². The number of aromatic nitrogens is 2. The van der Waals surface area contributed by atoms with Crippen LogP contribution in [0.25, 0.3) is 15.9 Å². The predicted molar refractivity (Wildman–Crippen MR) is 92.9 cm³/mol. The summed E-state index contributed by atoms with van der Waals surface area (Å²) in [5.41, 5.74) is 1.56. The fourth-order valence-corrected chi connectivity index (χ4v) is 4.00. The summed E-state index contributed by atoms with van der Waals surface area (Å²) in [5.74, 6) is -0.643. The molecule has 25 heavy (non-hydrogen) atoms. The van der Waals surface area contributed by atoms with Crippen molar-refractivity contribution in [1.29, 1.82) is 0 Å². The van der Waals surface area contributed by atoms with Gasteiger partial charge in [-0.05, 0) is 50.1 Å². The smallest absolute Gasteiger partial charge is 0.348 e. The molecule has 0 N–H and O–H groups in total. The highest BCUT2D eigenvalue weighted by Crippen LogP contribution is 2.31. The lowest BCUT2D eigenvalue weighted by Gasteiger charge is -2.09. The lowest BCUT2D eigenvalue weighted by atomic mass is 10.2. The van der Waals surface area contributed by atoms with Crippen LogP contribution < -0.4 is 0 Å². The van der Waals surface area contributed by atoms with E-state index >= 15 is 0 Å². The van der Waals surface area contributed by atoms with E-state index in [0.29, 0.717) is 4.88 Å². The van der Waals surface area contributed by atoms with Gasteiger partial charge in [0, 0.05) is 12.0 Å². The zero-order valence-corrected chi connectivity index (χ0v) is 14.5. The largest absolute Gasteiger partial charge is 0.459 e. The Balaban J connectivity index is 1.60. The molecule has 0 bridgehead atoms. The number of aryl methyl sites for hydroxylation is 1. The average Bonchev–Trinajstić information content (AvgIpc) is 3.32. The molecule has 3 heterocycles. The van der Waals surface area contributed by atoms with Gasteiger partial charge in [-0.3, -0.25) is 0 Å². The van der Waals surface area contributed by atoms with Crippen LogP contribution in [-0.4, -0.2) is 35.1 Å². The third kappa shape index (κ3) is 3.17. The van der Waals surface area contributed by atoms with Gasteiger partial charge in [-0.25, -0.2) is 13.9 Å². The lowest BCUT2D eigenvalue weighted by Crippen LogP contribution is -2.17. The highest BCUT2D eigenvalue weighted by atomic mass is 32.1. The van der Waals surface area contributed by atoms with E-state index in [1.165, 1.54) is 23.5 Å². The molecule has 0 aliphatic carbocycles. The summed E-state index contributed by atoms with van der Waals surface area (Å²) >= 11 is 1.33. The Kier molecular flexibility index (Phi) is 4.27. The zero-order chi connectivity index (χ0) is 17.4. The number of fused-ring (bicyclic) bond motifs is 1. The molecule has 5 nitrogen and oxygen atoms in total. The second-order valence-corrected chi connectivity index (χ2v) is 7.07. The van der Waals surface area contributed by atoms with Gasteiger partial charge in [-0.15, -0.1) is 11.3 Å². The van der Waals surface area contributed by atoms with Crippen LogP contribution in [0.2, 0.25) is 0 Å². The number of carbonyl (C=O) groups is 1. The normalized spacial score (nSPS) is 17.3. The van der Waals surface area contributed by atoms with Gasteiger partial charge in [0.1, 0.15) is 22.1 Å². The maximum atomic E-state index is 13.1. The van der Waals surface area contributed by atoms with Crippen molar-refractivity contribution >= 4 is 27.5 Å². The average molecular weight is 360 g/mol. The molecule has 2 aromatic heterocycles. The molecule has 1 atom stereocenters. The molecule has 0 saturated carbocycles. The molecule has 3 aromatic rings. The number of thiophene rings is 1. The second kappa shape index (κ2) is 6.57. The molecule has 1 fully saturated rings. The number of carbonyl (C=O) groups excluding carboxylic acids is 1. The Hall–Kier alpha value is -2.25. The van der Waals surface area contributed by atoms with E-state index in [1.54, 1.807) is 22.9 Å². The highest BCUT2D eigenvalue weighted by Gasteiger charge is 2.21. The third-order valence-electron chi connectivity index (χ3n) is 4.24. The van der Waals surface area contributed by atoms with E-state index in [1.807, 2.05) is 6.92 Å². The van der Waals surface area contributed by atoms with Crippen molar-refractivity contribution in [3.05, 3.63) is 46.7 Å². The van der Waals surface area contributed by atoms with E-state index in [2.05, 4.69) is 5.10 Å². The predicted octanol–water partition coefficient (Wildman–Crippen LogP) is 3.87. The van der Waals surface area contributed by atoms with Gasteiger partial charge in [0.05, 0.1) is 17.5 Å². The minimum atomic E-state index is -0.346. The Labute approximate surface area is 148 Å². The molecule has 7 heteroatoms. The first kappa shape index (κ1) is 16.2. The first-order valence-electron chi connectivity index (χ1n) is 8.15. The van der Waals surface area contributed by atoms with Gasteiger partial charge in [0.2, 0.25) is 0 Å². The number of esters is 1. The minimum absolute atomic E-state index is 0.00905. The summed E-state index contributed by atoms with van der Waals surface area (Å²) in [6.07, 6.45) is 1.95. The van der Waals surface area contributed by atoms with Crippen molar-refractivity contribution in [3.63, 3.8) is 0 Å². The van der Waals surface area contributed by atoms with Gasteiger partial charge in [0.25, 0.3) is 0 Å². The Morgan fingerprint density at radius 1 is 1.44 bits per heavy atom. The molecule has 0 unspecified atom stereocenters. The Morgan fingerprint density at radius 2 is 2.24 bits per heavy atom. The zero-order valence-electron chi connectivity index (χ0n) is 13.7. The maximum absolute atomic E-state index is 13.1. The molecular formula is C18H17FN2O3S. The number of nitrogens with zero attached hydrogens (tertiary/aromatic N) is 2. The van der Waals surface area contributed by atoms with Crippen LogP contribution in [0.1, 0.15) is 28.2 Å². The number of hydrogen-bond donors (Lipinski definition) is 0. The fourth-order valence-electron chi connectivity index (χ4n) is 2.92. The molecule has 1 aliphatic rings. The van der Waals surface area contributed by atoms with E-state index in [4.69, 9.17) is 9.47 Å². The number of benzene rings is 1. The maximum Gasteiger partial charge on any atom is 0.348 e. The van der Waals surface area contributed by atoms with Crippen molar-refractivity contribution in [3.8, 4) is 5.69 Å². The number of ether oxygens (including phenoxy) is 2. The van der Waals surface area contributed by atoms with Crippen molar-refractivity contribution in [2.45, 2.75) is 25.9 Å². The molecule has 4 rings (SSSR count). The van der Waals surface area contributed by atoms with Crippen LogP contribution >= 0.6 is 11.3 Å². The molecule has 0 radical (unpaired) electrons. The van der Waals surface area contributed by atoms with Gasteiger partial charge < -0.3 is 9.47 Å². The van der Waals surface area contributed by atoms with Crippen LogP contribution in [0.15, 0.2) is 30.3 Å². The molecule has 130 valence electrons. The summed E-state index contributed by atoms with van der Waals surface area (Å²) in [6, 6.07) is 7.91. The van der Waals surface area contributed by atoms with Crippen molar-refractivity contribution in [2.75, 3.05) is 13.2 Å². The number of rotatable bonds is 4. The molecule has 0 spiro atoms. The van der Waals surface area contributed by atoms with Crippen LogP contribution in [0.4, 0.5) is 4.39 Å². The highest BCUT2D eigenvalue weighted by molar-refractivity contribution is 7.20. The van der Waals surface area contributed by atoms with Crippen LogP contribution in [-0.2, 0) is 9.47 Å². The van der Waals surface area contributed by atoms with Crippen molar-refractivity contribution in [2.24, 2.45) is 0 Å². The first-order valence-corrected chi connectivity index (χ1v) is 8.97. The Bertz CT molecular complexity index is 910. The van der Waals surface area contributed by atoms with Crippen LogP contribution in [0.5, 0.6) is 0 Å². The first-order chi connectivity index (χ1) is 12.1. The van der Waals surface area contributed by atoms with Gasteiger partial charge >= 0.3 is 5.97 Å². The van der Waals surface area contributed by atoms with E-state index in [0.717, 1.165) is 41.0 Å². The second-order valence-electron chi connectivity index (χ2n) is 6.04. The quantitative estimate of drug-likeness (QED) is 0.663. The number of hydrogen-bond acceptors (Lipinski definition) is 5. The minimum Gasteiger partial charge on any atom is -0.459 e. The van der Waals surface area contributed by atoms with E-state index in [-0.39, 0.29) is 24.5 Å². The molecule has 1 aromatic carbocycles. The molecular weight excluding hydrogens is 343 g/mol. The van der Waals surface area contributed by atoms with Gasteiger partial charge in [-0.1, -0.05) is 0 Å². The van der Waals surface area contributed by atoms with Gasteiger partial charge in [-0.2, -0.15) is 5.10 Å². The fraction of sp³-hybridized carbons (Fsp3) is 0.333. The molecule has 0 amide bonds. The van der Waals surface area contributed by atoms with Crippen molar-refractivity contribution < 1.29 is 18.7 Å². The van der Waals surface area contributed by atoms with Gasteiger partial charge in [0.15, 0.2) is 0 Å². The summed E-state index contributed by atoms with van der Waals surface area (Å²) < 4.78 is 25.7. The summed E-state index contributed by atoms with van der Waals surface area (Å²) in [6.45, 7) is 2.91. The molecule has 1 saturated heterocycles. The summed E-state index contributed by atoms with van der Waals surface area (Å²) in [5, 5.41) is 5.39. The van der Waals surface area contributed by atoms with E-state index in [9.17, 15) is 9.18 Å². The molecule has 1 aliphatic heterocycles. The number of halogens is 1. The summed E-state index contributed by atoms with van der Waals surface area (Å²) in [7, 11) is 0. The summed E-state index contributed by atoms with van der Waals surface area (Å²) in [4.78, 5) is 13.7. The monoisotopic (exact) mass is 360 g/mol. The SMILES string of the molecule is Cc1nn(-c2ccc(F)cc2)c2sc(C(=O)OC[C@H]3CCCO3)cc12. The third-order valence-corrected chi connectivity index (χ3v) is 5.33. The van der Waals surface area contributed by atoms with Crippen molar-refractivity contribution in [1.82, 2.24) is 9.78 Å². The topological polar surface area (TPSA) is 53.4 Å². The van der Waals surface area contributed by atoms with Crippen LogP contribution in [0, 0.1) is 12.7 Å². The lowest BCUT2D eigenvalue weighted by molar-refractivity contribution is 0.0165.